The molecule has 1 aliphatic rings. The van der Waals surface area contributed by atoms with Crippen molar-refractivity contribution in [1.82, 2.24) is 9.80 Å². The van der Waals surface area contributed by atoms with Crippen LogP contribution in [0.3, 0.4) is 0 Å². The summed E-state index contributed by atoms with van der Waals surface area (Å²) in [5, 5.41) is 22.7. The van der Waals surface area contributed by atoms with Crippen molar-refractivity contribution in [3.8, 4) is 5.75 Å². The molecule has 1 heterocycles. The Bertz CT molecular complexity index is 955. The summed E-state index contributed by atoms with van der Waals surface area (Å²) in [6.45, 7) is 1.42. The predicted molar refractivity (Wildman–Crippen MR) is 124 cm³/mol. The number of non-ortho nitro benzene ring substituents is 1. The highest BCUT2D eigenvalue weighted by Crippen LogP contribution is 2.39. The standard InChI is InChI=1S/C23H29N3O5.ClH/c1-24(2)15-19-16-25(22(27)13-17-6-4-8-20(12-17)26(29)30)11-10-23(19,28)18-7-5-9-21(14-18)31-3;/h4-9,12,14,19,28H,10-11,13,15-16H2,1-3H3;1H. The third-order valence-corrected chi connectivity index (χ3v) is 5.86. The number of aliphatic hydroxyl groups is 1. The molecule has 1 aliphatic heterocycles. The van der Waals surface area contributed by atoms with Gasteiger partial charge < -0.3 is 19.6 Å². The van der Waals surface area contributed by atoms with Crippen LogP contribution in [0.2, 0.25) is 0 Å². The van der Waals surface area contributed by atoms with Crippen molar-refractivity contribution in [1.29, 1.82) is 0 Å². The molecule has 3 rings (SSSR count). The Kier molecular flexibility index (Phi) is 8.60. The van der Waals surface area contributed by atoms with E-state index in [2.05, 4.69) is 0 Å². The maximum atomic E-state index is 13.0. The summed E-state index contributed by atoms with van der Waals surface area (Å²) < 4.78 is 5.33. The van der Waals surface area contributed by atoms with Crippen LogP contribution < -0.4 is 4.74 Å². The van der Waals surface area contributed by atoms with Crippen molar-refractivity contribution in [2.24, 2.45) is 5.92 Å². The van der Waals surface area contributed by atoms with E-state index in [1.807, 2.05) is 43.3 Å². The number of amides is 1. The van der Waals surface area contributed by atoms with Crippen LogP contribution in [0.5, 0.6) is 5.75 Å². The molecule has 32 heavy (non-hydrogen) atoms. The molecule has 0 saturated carbocycles. The van der Waals surface area contributed by atoms with Gasteiger partial charge in [0.25, 0.3) is 5.69 Å². The highest BCUT2D eigenvalue weighted by molar-refractivity contribution is 5.85. The molecule has 0 spiro atoms. The van der Waals surface area contributed by atoms with E-state index >= 15 is 0 Å². The fourth-order valence-corrected chi connectivity index (χ4v) is 4.23. The van der Waals surface area contributed by atoms with E-state index in [0.717, 1.165) is 5.56 Å². The number of hydrogen-bond donors (Lipinski definition) is 1. The smallest absolute Gasteiger partial charge is 0.269 e. The number of carbonyl (C=O) groups excluding carboxylic acids is 1. The molecule has 2 unspecified atom stereocenters. The number of piperidine rings is 1. The fraction of sp³-hybridized carbons (Fsp3) is 0.435. The third-order valence-electron chi connectivity index (χ3n) is 5.86. The van der Waals surface area contributed by atoms with Gasteiger partial charge in [0, 0.05) is 37.7 Å². The molecule has 1 fully saturated rings. The maximum absolute atomic E-state index is 13.0. The normalized spacial score (nSPS) is 20.5. The molecule has 1 saturated heterocycles. The molecule has 0 aromatic heterocycles. The summed E-state index contributed by atoms with van der Waals surface area (Å²) in [7, 11) is 5.47. The molecule has 2 atom stereocenters. The summed E-state index contributed by atoms with van der Waals surface area (Å²) >= 11 is 0. The van der Waals surface area contributed by atoms with Gasteiger partial charge in [0.1, 0.15) is 5.75 Å². The molecule has 1 N–H and O–H groups in total. The first kappa shape index (κ1) is 25.6. The monoisotopic (exact) mass is 463 g/mol. The summed E-state index contributed by atoms with van der Waals surface area (Å²) in [5.41, 5.74) is 0.282. The Balaban J connectivity index is 0.00000363. The number of halogens is 1. The Morgan fingerprint density at radius 1 is 1.28 bits per heavy atom. The zero-order chi connectivity index (χ0) is 22.6. The molecular weight excluding hydrogens is 434 g/mol. The molecule has 0 bridgehead atoms. The lowest BCUT2D eigenvalue weighted by Gasteiger charge is -2.46. The van der Waals surface area contributed by atoms with Crippen molar-refractivity contribution in [2.75, 3.05) is 40.8 Å². The zero-order valence-electron chi connectivity index (χ0n) is 18.6. The van der Waals surface area contributed by atoms with Crippen LogP contribution in [0.1, 0.15) is 17.5 Å². The maximum Gasteiger partial charge on any atom is 0.269 e. The van der Waals surface area contributed by atoms with Crippen molar-refractivity contribution >= 4 is 24.0 Å². The quantitative estimate of drug-likeness (QED) is 0.501. The van der Waals surface area contributed by atoms with Crippen molar-refractivity contribution < 1.29 is 19.6 Å². The van der Waals surface area contributed by atoms with Gasteiger partial charge in [-0.3, -0.25) is 14.9 Å². The Morgan fingerprint density at radius 2 is 2.00 bits per heavy atom. The van der Waals surface area contributed by atoms with Crippen LogP contribution in [0, 0.1) is 16.0 Å². The molecule has 0 radical (unpaired) electrons. The van der Waals surface area contributed by atoms with Crippen LogP contribution in [0.15, 0.2) is 48.5 Å². The third kappa shape index (κ3) is 5.76. The second kappa shape index (κ2) is 10.8. The van der Waals surface area contributed by atoms with Crippen LogP contribution in [-0.4, -0.2) is 66.6 Å². The predicted octanol–water partition coefficient (Wildman–Crippen LogP) is 2.87. The van der Waals surface area contributed by atoms with Crippen LogP contribution in [0.25, 0.3) is 0 Å². The molecule has 9 heteroatoms. The number of benzene rings is 2. The zero-order valence-corrected chi connectivity index (χ0v) is 19.4. The van der Waals surface area contributed by atoms with Crippen molar-refractivity contribution in [2.45, 2.75) is 18.4 Å². The summed E-state index contributed by atoms with van der Waals surface area (Å²) in [5.74, 6) is 0.382. The lowest BCUT2D eigenvalue weighted by Crippen LogP contribution is -2.54. The van der Waals surface area contributed by atoms with Gasteiger partial charge in [-0.1, -0.05) is 24.3 Å². The molecule has 1 amide bonds. The van der Waals surface area contributed by atoms with E-state index in [0.29, 0.717) is 37.4 Å². The summed E-state index contributed by atoms with van der Waals surface area (Å²) in [6.07, 6.45) is 0.493. The van der Waals surface area contributed by atoms with Crippen molar-refractivity contribution in [3.05, 3.63) is 69.8 Å². The van der Waals surface area contributed by atoms with E-state index in [1.54, 1.807) is 24.1 Å². The minimum absolute atomic E-state index is 0. The van der Waals surface area contributed by atoms with Gasteiger partial charge in [0.05, 0.1) is 24.1 Å². The van der Waals surface area contributed by atoms with E-state index in [-0.39, 0.29) is 36.3 Å². The number of methoxy groups -OCH3 is 1. The number of ether oxygens (including phenoxy) is 1. The molecule has 2 aromatic carbocycles. The van der Waals surface area contributed by atoms with E-state index in [9.17, 15) is 20.0 Å². The summed E-state index contributed by atoms with van der Waals surface area (Å²) in [4.78, 5) is 27.3. The number of rotatable bonds is 7. The van der Waals surface area contributed by atoms with Gasteiger partial charge in [-0.05, 0) is 43.8 Å². The number of nitro groups is 1. The molecule has 0 aliphatic carbocycles. The SMILES string of the molecule is COc1cccc(C2(O)CCN(C(=O)Cc3cccc([N+](=O)[O-])c3)CC2CN(C)C)c1.Cl. The minimum Gasteiger partial charge on any atom is -0.497 e. The van der Waals surface area contributed by atoms with Crippen LogP contribution in [0.4, 0.5) is 5.69 Å². The van der Waals surface area contributed by atoms with Crippen LogP contribution in [-0.2, 0) is 16.8 Å². The Hall–Kier alpha value is -2.68. The van der Waals surface area contributed by atoms with Gasteiger partial charge in [0.15, 0.2) is 0 Å². The van der Waals surface area contributed by atoms with Crippen LogP contribution >= 0.6 is 12.4 Å². The average Bonchev–Trinajstić information content (AvgIpc) is 2.75. The highest BCUT2D eigenvalue weighted by Gasteiger charge is 2.44. The second-order valence-electron chi connectivity index (χ2n) is 8.31. The van der Waals surface area contributed by atoms with Gasteiger partial charge in [0.2, 0.25) is 5.91 Å². The fourth-order valence-electron chi connectivity index (χ4n) is 4.23. The molecule has 174 valence electrons. The number of hydrogen-bond acceptors (Lipinski definition) is 6. The number of likely N-dealkylation sites (tertiary alicyclic amines) is 1. The van der Waals surface area contributed by atoms with E-state index < -0.39 is 10.5 Å². The van der Waals surface area contributed by atoms with Gasteiger partial charge in [-0.15, -0.1) is 12.4 Å². The molecule has 8 nitrogen and oxygen atoms in total. The first-order valence-corrected chi connectivity index (χ1v) is 10.3. The lowest BCUT2D eigenvalue weighted by molar-refractivity contribution is -0.384. The second-order valence-corrected chi connectivity index (χ2v) is 8.31. The van der Waals surface area contributed by atoms with Crippen molar-refractivity contribution in [3.63, 3.8) is 0 Å². The summed E-state index contributed by atoms with van der Waals surface area (Å²) in [6, 6.07) is 13.6. The molecule has 2 aromatic rings. The number of nitrogens with zero attached hydrogens (tertiary/aromatic N) is 3. The van der Waals surface area contributed by atoms with E-state index in [4.69, 9.17) is 4.74 Å². The van der Waals surface area contributed by atoms with E-state index in [1.165, 1.54) is 12.1 Å². The first-order valence-electron chi connectivity index (χ1n) is 10.3. The first-order chi connectivity index (χ1) is 14.7. The van der Waals surface area contributed by atoms with Gasteiger partial charge in [-0.25, -0.2) is 0 Å². The lowest BCUT2D eigenvalue weighted by atomic mass is 9.75. The average molecular weight is 464 g/mol. The topological polar surface area (TPSA) is 96.1 Å². The largest absolute Gasteiger partial charge is 0.497 e. The number of nitro benzene ring substituents is 1. The van der Waals surface area contributed by atoms with Gasteiger partial charge >= 0.3 is 0 Å². The molecular formula is C23H30ClN3O5. The minimum atomic E-state index is -1.08. The Morgan fingerprint density at radius 3 is 2.66 bits per heavy atom. The Labute approximate surface area is 194 Å². The number of carbonyl (C=O) groups is 1. The van der Waals surface area contributed by atoms with Gasteiger partial charge in [-0.2, -0.15) is 0 Å². The highest BCUT2D eigenvalue weighted by atomic mass is 35.5.